The van der Waals surface area contributed by atoms with Crippen LogP contribution in [0.5, 0.6) is 0 Å². The Bertz CT molecular complexity index is 572. The van der Waals surface area contributed by atoms with Crippen molar-refractivity contribution in [2.24, 2.45) is 7.05 Å². The van der Waals surface area contributed by atoms with Crippen LogP contribution < -0.4 is 5.32 Å². The molecular weight excluding hydrogens is 270 g/mol. The molecule has 0 amide bonds. The molecule has 1 unspecified atom stereocenters. The number of rotatable bonds is 5. The van der Waals surface area contributed by atoms with Gasteiger partial charge in [-0.05, 0) is 37.9 Å². The molecule has 1 N–H and O–H groups in total. The van der Waals surface area contributed by atoms with Gasteiger partial charge in [0.15, 0.2) is 0 Å². The van der Waals surface area contributed by atoms with Crippen molar-refractivity contribution < 1.29 is 0 Å². The van der Waals surface area contributed by atoms with E-state index in [1.165, 1.54) is 11.1 Å². The first-order chi connectivity index (χ1) is 9.56. The smallest absolute Gasteiger partial charge is 0.130 e. The van der Waals surface area contributed by atoms with Gasteiger partial charge >= 0.3 is 0 Å². The molecule has 2 rings (SSSR count). The fourth-order valence-electron chi connectivity index (χ4n) is 2.48. The summed E-state index contributed by atoms with van der Waals surface area (Å²) in [5, 5.41) is 8.48. The maximum atomic E-state index is 6.32. The van der Waals surface area contributed by atoms with Gasteiger partial charge in [-0.1, -0.05) is 42.8 Å². The molecular formula is C16H22ClN3. The summed E-state index contributed by atoms with van der Waals surface area (Å²) in [4.78, 5) is 0. The van der Waals surface area contributed by atoms with E-state index in [1.54, 1.807) is 4.68 Å². The Morgan fingerprint density at radius 3 is 2.40 bits per heavy atom. The molecule has 3 nitrogen and oxygen atoms in total. The molecule has 2 aromatic rings. The van der Waals surface area contributed by atoms with E-state index in [1.807, 2.05) is 21.0 Å². The van der Waals surface area contributed by atoms with Gasteiger partial charge in [-0.2, -0.15) is 5.10 Å². The number of nitrogens with zero attached hydrogens (tertiary/aromatic N) is 2. The molecule has 1 aromatic carbocycles. The average molecular weight is 292 g/mol. The molecule has 1 heterocycles. The molecule has 4 heteroatoms. The molecule has 0 aliphatic rings. The van der Waals surface area contributed by atoms with Crippen LogP contribution in [0.2, 0.25) is 5.15 Å². The van der Waals surface area contributed by atoms with Crippen molar-refractivity contribution in [3.8, 4) is 0 Å². The summed E-state index contributed by atoms with van der Waals surface area (Å²) in [6, 6.07) is 9.02. The standard InChI is InChI=1S/C16H22ClN3/c1-5-12-6-8-13(9-7-12)15(18-3)10-14-11(2)19-20(4)16(14)17/h6-9,15,18H,5,10H2,1-4H3. The minimum Gasteiger partial charge on any atom is -0.313 e. The van der Waals surface area contributed by atoms with Gasteiger partial charge in [0.1, 0.15) is 5.15 Å². The van der Waals surface area contributed by atoms with E-state index in [0.717, 1.165) is 29.3 Å². The molecule has 1 atom stereocenters. The molecule has 1 aromatic heterocycles. The minimum atomic E-state index is 0.251. The van der Waals surface area contributed by atoms with E-state index >= 15 is 0 Å². The zero-order chi connectivity index (χ0) is 14.7. The minimum absolute atomic E-state index is 0.251. The molecule has 0 aliphatic carbocycles. The number of hydrogen-bond acceptors (Lipinski definition) is 2. The number of nitrogens with one attached hydrogen (secondary N) is 1. The largest absolute Gasteiger partial charge is 0.313 e. The number of aromatic nitrogens is 2. The Morgan fingerprint density at radius 1 is 1.30 bits per heavy atom. The molecule has 0 fully saturated rings. The molecule has 0 bridgehead atoms. The number of aryl methyl sites for hydroxylation is 3. The van der Waals surface area contributed by atoms with Crippen LogP contribution in [0.4, 0.5) is 0 Å². The van der Waals surface area contributed by atoms with Crippen molar-refractivity contribution in [3.05, 3.63) is 51.8 Å². The Balaban J connectivity index is 2.23. The Kier molecular flexibility index (Phi) is 4.84. The van der Waals surface area contributed by atoms with Crippen LogP contribution in [0.15, 0.2) is 24.3 Å². The van der Waals surface area contributed by atoms with Gasteiger partial charge < -0.3 is 5.32 Å². The van der Waals surface area contributed by atoms with Gasteiger partial charge in [0.25, 0.3) is 0 Å². The highest BCUT2D eigenvalue weighted by molar-refractivity contribution is 6.30. The highest BCUT2D eigenvalue weighted by Crippen LogP contribution is 2.25. The third kappa shape index (κ3) is 3.05. The van der Waals surface area contributed by atoms with Crippen LogP contribution in [-0.2, 0) is 19.9 Å². The van der Waals surface area contributed by atoms with Gasteiger partial charge in [0.2, 0.25) is 0 Å². The summed E-state index contributed by atoms with van der Waals surface area (Å²) in [6.45, 7) is 4.18. The van der Waals surface area contributed by atoms with Crippen molar-refractivity contribution >= 4 is 11.6 Å². The van der Waals surface area contributed by atoms with E-state index in [4.69, 9.17) is 11.6 Å². The lowest BCUT2D eigenvalue weighted by molar-refractivity contribution is 0.590. The van der Waals surface area contributed by atoms with Crippen LogP contribution in [0.1, 0.15) is 35.3 Å². The lowest BCUT2D eigenvalue weighted by atomic mass is 9.98. The fourth-order valence-corrected chi connectivity index (χ4v) is 2.73. The van der Waals surface area contributed by atoms with Crippen molar-refractivity contribution in [2.45, 2.75) is 32.7 Å². The summed E-state index contributed by atoms with van der Waals surface area (Å²) in [5.41, 5.74) is 4.76. The zero-order valence-electron chi connectivity index (χ0n) is 12.6. The lowest BCUT2D eigenvalue weighted by Gasteiger charge is -2.17. The summed E-state index contributed by atoms with van der Waals surface area (Å²) in [5.74, 6) is 0. The Hall–Kier alpha value is -1.32. The first kappa shape index (κ1) is 15.1. The Labute approximate surface area is 126 Å². The van der Waals surface area contributed by atoms with Gasteiger partial charge in [0, 0.05) is 18.7 Å². The lowest BCUT2D eigenvalue weighted by Crippen LogP contribution is -2.19. The SMILES string of the molecule is CCc1ccc(C(Cc2c(C)nn(C)c2Cl)NC)cc1. The van der Waals surface area contributed by atoms with Crippen molar-refractivity contribution in [2.75, 3.05) is 7.05 Å². The summed E-state index contributed by atoms with van der Waals surface area (Å²) in [7, 11) is 3.86. The van der Waals surface area contributed by atoms with Crippen molar-refractivity contribution in [1.29, 1.82) is 0 Å². The van der Waals surface area contributed by atoms with E-state index in [-0.39, 0.29) is 6.04 Å². The molecule has 0 aliphatic heterocycles. The maximum Gasteiger partial charge on any atom is 0.130 e. The van der Waals surface area contributed by atoms with Crippen molar-refractivity contribution in [3.63, 3.8) is 0 Å². The monoisotopic (exact) mass is 291 g/mol. The molecule has 0 spiro atoms. The number of likely N-dealkylation sites (N-methyl/N-ethyl adjacent to an activating group) is 1. The van der Waals surface area contributed by atoms with Crippen molar-refractivity contribution in [1.82, 2.24) is 15.1 Å². The number of benzene rings is 1. The first-order valence-corrected chi connectivity index (χ1v) is 7.38. The number of hydrogen-bond donors (Lipinski definition) is 1. The second-order valence-electron chi connectivity index (χ2n) is 5.12. The summed E-state index contributed by atoms with van der Waals surface area (Å²) in [6.07, 6.45) is 1.92. The molecule has 108 valence electrons. The Morgan fingerprint density at radius 2 is 1.95 bits per heavy atom. The first-order valence-electron chi connectivity index (χ1n) is 7.00. The molecule has 0 saturated carbocycles. The van der Waals surface area contributed by atoms with E-state index < -0.39 is 0 Å². The highest BCUT2D eigenvalue weighted by Gasteiger charge is 2.17. The average Bonchev–Trinajstić information content (AvgIpc) is 2.70. The third-order valence-corrected chi connectivity index (χ3v) is 4.29. The quantitative estimate of drug-likeness (QED) is 0.914. The van der Waals surface area contributed by atoms with E-state index in [2.05, 4.69) is 41.6 Å². The second kappa shape index (κ2) is 6.42. The van der Waals surface area contributed by atoms with Crippen LogP contribution in [0.25, 0.3) is 0 Å². The second-order valence-corrected chi connectivity index (χ2v) is 5.48. The van der Waals surface area contributed by atoms with Gasteiger partial charge in [-0.3, -0.25) is 4.68 Å². The van der Waals surface area contributed by atoms with Crippen LogP contribution in [0.3, 0.4) is 0 Å². The predicted molar refractivity (Wildman–Crippen MR) is 84.3 cm³/mol. The van der Waals surface area contributed by atoms with Gasteiger partial charge in [-0.15, -0.1) is 0 Å². The van der Waals surface area contributed by atoms with E-state index in [0.29, 0.717) is 0 Å². The summed E-state index contributed by atoms with van der Waals surface area (Å²) < 4.78 is 1.74. The maximum absolute atomic E-state index is 6.32. The normalized spacial score (nSPS) is 12.7. The van der Waals surface area contributed by atoms with E-state index in [9.17, 15) is 0 Å². The number of halogens is 1. The van der Waals surface area contributed by atoms with Gasteiger partial charge in [0.05, 0.1) is 5.69 Å². The molecule has 0 saturated heterocycles. The third-order valence-electron chi connectivity index (χ3n) is 3.82. The molecule has 20 heavy (non-hydrogen) atoms. The zero-order valence-corrected chi connectivity index (χ0v) is 13.3. The van der Waals surface area contributed by atoms with Crippen LogP contribution in [0, 0.1) is 6.92 Å². The topological polar surface area (TPSA) is 29.9 Å². The predicted octanol–water partition coefficient (Wildman–Crippen LogP) is 3.45. The summed E-state index contributed by atoms with van der Waals surface area (Å²) >= 11 is 6.32. The van der Waals surface area contributed by atoms with Gasteiger partial charge in [-0.25, -0.2) is 0 Å². The van der Waals surface area contributed by atoms with Crippen LogP contribution in [-0.4, -0.2) is 16.8 Å². The van der Waals surface area contributed by atoms with Crippen LogP contribution >= 0.6 is 11.6 Å². The highest BCUT2D eigenvalue weighted by atomic mass is 35.5. The fraction of sp³-hybridized carbons (Fsp3) is 0.438. The molecule has 0 radical (unpaired) electrons.